The molecule has 0 aliphatic heterocycles. The van der Waals surface area contributed by atoms with Crippen LogP contribution in [0.5, 0.6) is 5.75 Å². The fourth-order valence-electron chi connectivity index (χ4n) is 2.80. The molecule has 0 saturated carbocycles. The van der Waals surface area contributed by atoms with Crippen molar-refractivity contribution in [1.82, 2.24) is 5.32 Å². The summed E-state index contributed by atoms with van der Waals surface area (Å²) in [5.41, 5.74) is 2.18. The lowest BCUT2D eigenvalue weighted by Crippen LogP contribution is -2.30. The quantitative estimate of drug-likeness (QED) is 0.629. The van der Waals surface area contributed by atoms with Gasteiger partial charge in [-0.25, -0.2) is 4.79 Å². The van der Waals surface area contributed by atoms with E-state index in [0.717, 1.165) is 11.1 Å². The van der Waals surface area contributed by atoms with Crippen molar-refractivity contribution in [3.8, 4) is 5.75 Å². The van der Waals surface area contributed by atoms with Crippen LogP contribution in [0.15, 0.2) is 42.5 Å². The van der Waals surface area contributed by atoms with Gasteiger partial charge >= 0.3 is 5.97 Å². The minimum absolute atomic E-state index is 0.0128. The summed E-state index contributed by atoms with van der Waals surface area (Å²) < 4.78 is 5.67. The molecule has 2 amide bonds. The second-order valence-corrected chi connectivity index (χ2v) is 7.10. The predicted molar refractivity (Wildman–Crippen MR) is 110 cm³/mol. The lowest BCUT2D eigenvalue weighted by Gasteiger charge is -2.20. The minimum Gasteiger partial charge on any atom is -0.489 e. The number of nitrogens with one attached hydrogen (secondary N) is 2. The van der Waals surface area contributed by atoms with Gasteiger partial charge in [0.25, 0.3) is 0 Å². The van der Waals surface area contributed by atoms with Crippen LogP contribution in [0, 0.1) is 6.92 Å². The van der Waals surface area contributed by atoms with E-state index in [4.69, 9.17) is 4.74 Å². The molecule has 0 aliphatic rings. The molecule has 0 bridgehead atoms. The summed E-state index contributed by atoms with van der Waals surface area (Å²) in [6, 6.07) is 11.3. The number of anilines is 1. The largest absolute Gasteiger partial charge is 0.489 e. The average Bonchev–Trinajstić information content (AvgIpc) is 2.62. The van der Waals surface area contributed by atoms with Crippen LogP contribution in [0.3, 0.4) is 0 Å². The summed E-state index contributed by atoms with van der Waals surface area (Å²) in [6.07, 6.45) is -0.165. The Kier molecular flexibility index (Phi) is 7.36. The first-order valence-corrected chi connectivity index (χ1v) is 9.33. The number of carbonyl (C=O) groups excluding carboxylic acids is 2. The number of benzene rings is 2. The molecule has 154 valence electrons. The number of carboxylic acid groups (broad SMARTS) is 1. The number of carboxylic acids is 1. The van der Waals surface area contributed by atoms with Crippen molar-refractivity contribution in [2.75, 3.05) is 5.32 Å². The van der Waals surface area contributed by atoms with Crippen LogP contribution in [0.2, 0.25) is 0 Å². The minimum atomic E-state index is -1.10. The molecule has 0 saturated heterocycles. The van der Waals surface area contributed by atoms with Gasteiger partial charge in [-0.15, -0.1) is 0 Å². The van der Waals surface area contributed by atoms with Crippen molar-refractivity contribution in [2.24, 2.45) is 0 Å². The van der Waals surface area contributed by atoms with E-state index in [1.807, 2.05) is 45.0 Å². The van der Waals surface area contributed by atoms with Gasteiger partial charge in [-0.05, 0) is 44.5 Å². The SMILES string of the molecule is CC(=O)NC(CC(=O)Nc1cc(C(=O)O)ccc1OC(C)C)c1ccc(C)cc1. The van der Waals surface area contributed by atoms with Crippen molar-refractivity contribution in [3.05, 3.63) is 59.2 Å². The number of carbonyl (C=O) groups is 3. The number of hydrogen-bond donors (Lipinski definition) is 3. The summed E-state index contributed by atoms with van der Waals surface area (Å²) >= 11 is 0. The topological polar surface area (TPSA) is 105 Å². The number of aromatic carboxylic acids is 1. The molecule has 0 heterocycles. The molecular weight excluding hydrogens is 372 g/mol. The third kappa shape index (κ3) is 6.64. The Hall–Kier alpha value is -3.35. The van der Waals surface area contributed by atoms with Crippen molar-refractivity contribution >= 4 is 23.5 Å². The van der Waals surface area contributed by atoms with Gasteiger partial charge in [-0.3, -0.25) is 9.59 Å². The molecule has 1 atom stereocenters. The van der Waals surface area contributed by atoms with E-state index in [1.165, 1.54) is 25.1 Å². The molecule has 0 radical (unpaired) electrons. The molecule has 2 aromatic carbocycles. The van der Waals surface area contributed by atoms with E-state index in [1.54, 1.807) is 0 Å². The maximum atomic E-state index is 12.7. The van der Waals surface area contributed by atoms with E-state index < -0.39 is 12.0 Å². The smallest absolute Gasteiger partial charge is 0.335 e. The second-order valence-electron chi connectivity index (χ2n) is 7.10. The van der Waals surface area contributed by atoms with Crippen LogP contribution in [0.25, 0.3) is 0 Å². The number of rotatable bonds is 8. The molecule has 0 aromatic heterocycles. The number of amides is 2. The van der Waals surface area contributed by atoms with Gasteiger partial charge in [0.05, 0.1) is 29.8 Å². The summed E-state index contributed by atoms with van der Waals surface area (Å²) in [4.78, 5) is 35.6. The van der Waals surface area contributed by atoms with Gasteiger partial charge in [0, 0.05) is 6.92 Å². The highest BCUT2D eigenvalue weighted by Gasteiger charge is 2.19. The normalized spacial score (nSPS) is 11.6. The fraction of sp³-hybridized carbons (Fsp3) is 0.318. The highest BCUT2D eigenvalue weighted by Crippen LogP contribution is 2.28. The zero-order chi connectivity index (χ0) is 21.6. The van der Waals surface area contributed by atoms with Crippen molar-refractivity contribution < 1.29 is 24.2 Å². The number of hydrogen-bond acceptors (Lipinski definition) is 4. The number of ether oxygens (including phenoxy) is 1. The fourth-order valence-corrected chi connectivity index (χ4v) is 2.80. The van der Waals surface area contributed by atoms with Gasteiger partial charge in [0.2, 0.25) is 11.8 Å². The monoisotopic (exact) mass is 398 g/mol. The van der Waals surface area contributed by atoms with Gasteiger partial charge in [-0.1, -0.05) is 29.8 Å². The predicted octanol–water partition coefficient (Wildman–Crippen LogP) is 3.69. The summed E-state index contributed by atoms with van der Waals surface area (Å²) in [5, 5.41) is 14.7. The average molecular weight is 398 g/mol. The third-order valence-electron chi connectivity index (χ3n) is 4.11. The van der Waals surface area contributed by atoms with E-state index >= 15 is 0 Å². The lowest BCUT2D eigenvalue weighted by atomic mass is 10.0. The maximum Gasteiger partial charge on any atom is 0.335 e. The summed E-state index contributed by atoms with van der Waals surface area (Å²) in [5.74, 6) is -1.35. The Morgan fingerprint density at radius 3 is 2.28 bits per heavy atom. The van der Waals surface area contributed by atoms with Crippen molar-refractivity contribution in [1.29, 1.82) is 0 Å². The molecular formula is C22H26N2O5. The molecule has 2 rings (SSSR count). The lowest BCUT2D eigenvalue weighted by molar-refractivity contribution is -0.120. The van der Waals surface area contributed by atoms with E-state index in [2.05, 4.69) is 10.6 Å². The Labute approximate surface area is 170 Å². The van der Waals surface area contributed by atoms with Gasteiger partial charge in [-0.2, -0.15) is 0 Å². The summed E-state index contributed by atoms with van der Waals surface area (Å²) in [7, 11) is 0. The van der Waals surface area contributed by atoms with E-state index in [0.29, 0.717) is 5.75 Å². The van der Waals surface area contributed by atoms with Crippen LogP contribution < -0.4 is 15.4 Å². The zero-order valence-electron chi connectivity index (χ0n) is 17.0. The molecule has 3 N–H and O–H groups in total. The maximum absolute atomic E-state index is 12.7. The molecule has 29 heavy (non-hydrogen) atoms. The second kappa shape index (κ2) is 9.73. The van der Waals surface area contributed by atoms with Crippen LogP contribution in [-0.4, -0.2) is 29.0 Å². The van der Waals surface area contributed by atoms with Crippen molar-refractivity contribution in [2.45, 2.75) is 46.3 Å². The summed E-state index contributed by atoms with van der Waals surface area (Å²) in [6.45, 7) is 7.02. The highest BCUT2D eigenvalue weighted by molar-refractivity contribution is 5.96. The third-order valence-corrected chi connectivity index (χ3v) is 4.11. The van der Waals surface area contributed by atoms with Crippen LogP contribution >= 0.6 is 0 Å². The standard InChI is InChI=1S/C22H26N2O5/c1-13(2)29-20-10-9-17(22(27)28)11-19(20)24-21(26)12-18(23-15(4)25)16-7-5-14(3)6-8-16/h5-11,13,18H,12H2,1-4H3,(H,23,25)(H,24,26)(H,27,28). The van der Waals surface area contributed by atoms with Crippen LogP contribution in [0.1, 0.15) is 54.7 Å². The zero-order valence-corrected chi connectivity index (χ0v) is 17.0. The first-order valence-electron chi connectivity index (χ1n) is 9.33. The van der Waals surface area contributed by atoms with E-state index in [9.17, 15) is 19.5 Å². The molecule has 2 aromatic rings. The first kappa shape index (κ1) is 21.9. The number of aryl methyl sites for hydroxylation is 1. The van der Waals surface area contributed by atoms with Crippen LogP contribution in [-0.2, 0) is 9.59 Å². The molecule has 7 heteroatoms. The molecule has 0 aliphatic carbocycles. The Bertz CT molecular complexity index is 891. The van der Waals surface area contributed by atoms with Crippen LogP contribution in [0.4, 0.5) is 5.69 Å². The Balaban J connectivity index is 2.24. The van der Waals surface area contributed by atoms with Gasteiger partial charge in [0.1, 0.15) is 5.75 Å². The molecule has 1 unspecified atom stereocenters. The highest BCUT2D eigenvalue weighted by atomic mass is 16.5. The molecule has 7 nitrogen and oxygen atoms in total. The first-order chi connectivity index (χ1) is 13.7. The van der Waals surface area contributed by atoms with Gasteiger partial charge in [0.15, 0.2) is 0 Å². The van der Waals surface area contributed by atoms with Crippen molar-refractivity contribution in [3.63, 3.8) is 0 Å². The van der Waals surface area contributed by atoms with Gasteiger partial charge < -0.3 is 20.5 Å². The Morgan fingerprint density at radius 1 is 1.07 bits per heavy atom. The molecule has 0 fully saturated rings. The van der Waals surface area contributed by atoms with E-state index in [-0.39, 0.29) is 35.6 Å². The Morgan fingerprint density at radius 2 is 1.72 bits per heavy atom. The molecule has 0 spiro atoms.